The molecule has 2 N–H and O–H groups in total. The molecule has 1 saturated heterocycles. The lowest BCUT2D eigenvalue weighted by Gasteiger charge is -2.34. The number of nitrogens with zero attached hydrogens (tertiary/aromatic N) is 1. The molecule has 1 aromatic rings. The molecule has 1 atom stereocenters. The lowest BCUT2D eigenvalue weighted by Crippen LogP contribution is -2.51. The molecular formula is C19H23ClF3N3O2. The molecular weight excluding hydrogens is 395 g/mol. The summed E-state index contributed by atoms with van der Waals surface area (Å²) < 4.78 is 38.5. The molecule has 2 amide bonds. The van der Waals surface area contributed by atoms with Gasteiger partial charge in [0.25, 0.3) is 0 Å². The highest BCUT2D eigenvalue weighted by atomic mass is 35.5. The fraction of sp³-hybridized carbons (Fsp3) is 0.579. The summed E-state index contributed by atoms with van der Waals surface area (Å²) >= 11 is 5.92. The topological polar surface area (TPSA) is 61.4 Å². The van der Waals surface area contributed by atoms with Crippen molar-refractivity contribution in [3.63, 3.8) is 0 Å². The van der Waals surface area contributed by atoms with Gasteiger partial charge < -0.3 is 10.6 Å². The van der Waals surface area contributed by atoms with Crippen LogP contribution in [0.3, 0.4) is 0 Å². The van der Waals surface area contributed by atoms with E-state index in [0.717, 1.165) is 50.3 Å². The van der Waals surface area contributed by atoms with Crippen molar-refractivity contribution in [1.29, 1.82) is 0 Å². The molecule has 28 heavy (non-hydrogen) atoms. The third-order valence-corrected chi connectivity index (χ3v) is 5.59. The van der Waals surface area contributed by atoms with Crippen molar-refractivity contribution < 1.29 is 22.8 Å². The zero-order chi connectivity index (χ0) is 20.3. The zero-order valence-corrected chi connectivity index (χ0v) is 16.1. The molecule has 3 rings (SSSR count). The van der Waals surface area contributed by atoms with Gasteiger partial charge in [-0.05, 0) is 50.4 Å². The molecule has 1 aromatic carbocycles. The maximum Gasteiger partial charge on any atom is 0.416 e. The number of hydrogen-bond acceptors (Lipinski definition) is 3. The van der Waals surface area contributed by atoms with Crippen LogP contribution in [0, 0.1) is 5.92 Å². The van der Waals surface area contributed by atoms with Gasteiger partial charge in [-0.3, -0.25) is 14.5 Å². The maximum absolute atomic E-state index is 12.8. The first-order valence-corrected chi connectivity index (χ1v) is 9.79. The number of nitrogens with one attached hydrogen (secondary N) is 2. The van der Waals surface area contributed by atoms with Crippen LogP contribution in [0.25, 0.3) is 0 Å². The van der Waals surface area contributed by atoms with Gasteiger partial charge in [0.1, 0.15) is 0 Å². The van der Waals surface area contributed by atoms with Crippen molar-refractivity contribution in [2.45, 2.75) is 44.3 Å². The molecule has 0 bridgehead atoms. The summed E-state index contributed by atoms with van der Waals surface area (Å²) in [5.41, 5.74) is -0.933. The normalized spacial score (nSPS) is 21.1. The molecule has 0 radical (unpaired) electrons. The molecule has 1 heterocycles. The molecule has 2 fully saturated rings. The predicted octanol–water partition coefficient (Wildman–Crippen LogP) is 3.68. The van der Waals surface area contributed by atoms with Gasteiger partial charge >= 0.3 is 6.18 Å². The second-order valence-electron chi connectivity index (χ2n) is 7.45. The first kappa shape index (κ1) is 20.9. The van der Waals surface area contributed by atoms with Crippen molar-refractivity contribution in [2.24, 2.45) is 5.92 Å². The van der Waals surface area contributed by atoms with E-state index in [-0.39, 0.29) is 35.1 Å². The highest BCUT2D eigenvalue weighted by Crippen LogP contribution is 2.33. The van der Waals surface area contributed by atoms with E-state index >= 15 is 0 Å². The Kier molecular flexibility index (Phi) is 6.50. The Morgan fingerprint density at radius 1 is 1.18 bits per heavy atom. The average Bonchev–Trinajstić information content (AvgIpc) is 2.54. The number of anilines is 1. The summed E-state index contributed by atoms with van der Waals surface area (Å²) in [7, 11) is 0. The number of benzene rings is 1. The predicted molar refractivity (Wildman–Crippen MR) is 100 cm³/mol. The highest BCUT2D eigenvalue weighted by Gasteiger charge is 2.32. The van der Waals surface area contributed by atoms with E-state index in [0.29, 0.717) is 13.1 Å². The minimum Gasteiger partial charge on any atom is -0.352 e. The lowest BCUT2D eigenvalue weighted by molar-refractivity contribution is -0.137. The van der Waals surface area contributed by atoms with Crippen molar-refractivity contribution >= 4 is 29.1 Å². The summed E-state index contributed by atoms with van der Waals surface area (Å²) in [6.45, 7) is 1.27. The number of carbonyl (C=O) groups is 2. The van der Waals surface area contributed by atoms with E-state index in [4.69, 9.17) is 11.6 Å². The number of carbonyl (C=O) groups excluding carboxylic acids is 2. The molecule has 0 aromatic heterocycles. The molecule has 2 aliphatic rings. The van der Waals surface area contributed by atoms with E-state index in [1.54, 1.807) is 0 Å². The van der Waals surface area contributed by atoms with Crippen molar-refractivity contribution in [2.75, 3.05) is 25.0 Å². The van der Waals surface area contributed by atoms with E-state index < -0.39 is 17.6 Å². The first-order valence-electron chi connectivity index (χ1n) is 9.41. The van der Waals surface area contributed by atoms with Crippen LogP contribution in [0.4, 0.5) is 18.9 Å². The standard InChI is InChI=1S/C19H23ClF3N3O2/c20-15-7-6-13(19(21,22)23)9-16(15)25-17(27)11-26-8-2-5-14(10-26)24-18(28)12-3-1-4-12/h6-7,9,12,14H,1-5,8,10-11H2,(H,24,28)(H,25,27). The van der Waals surface area contributed by atoms with Crippen LogP contribution in [0.15, 0.2) is 18.2 Å². The molecule has 154 valence electrons. The first-order chi connectivity index (χ1) is 13.2. The van der Waals surface area contributed by atoms with E-state index in [2.05, 4.69) is 10.6 Å². The summed E-state index contributed by atoms with van der Waals surface area (Å²) in [4.78, 5) is 26.3. The second-order valence-corrected chi connectivity index (χ2v) is 7.86. The third kappa shape index (κ3) is 5.38. The van der Waals surface area contributed by atoms with Crippen LogP contribution in [0.5, 0.6) is 0 Å². The Bertz CT molecular complexity index is 738. The number of amides is 2. The Morgan fingerprint density at radius 2 is 1.93 bits per heavy atom. The van der Waals surface area contributed by atoms with Crippen molar-refractivity contribution in [1.82, 2.24) is 10.2 Å². The molecule has 1 saturated carbocycles. The molecule has 1 aliphatic heterocycles. The van der Waals surface area contributed by atoms with Crippen LogP contribution >= 0.6 is 11.6 Å². The van der Waals surface area contributed by atoms with Crippen LogP contribution in [0.2, 0.25) is 5.02 Å². The summed E-state index contributed by atoms with van der Waals surface area (Å²) in [6, 6.07) is 2.81. The highest BCUT2D eigenvalue weighted by molar-refractivity contribution is 6.33. The third-order valence-electron chi connectivity index (χ3n) is 5.26. The molecule has 5 nitrogen and oxygen atoms in total. The molecule has 0 spiro atoms. The Balaban J connectivity index is 1.53. The molecule has 1 aliphatic carbocycles. The Labute approximate surface area is 166 Å². The fourth-order valence-corrected chi connectivity index (χ4v) is 3.66. The fourth-order valence-electron chi connectivity index (χ4n) is 3.50. The van der Waals surface area contributed by atoms with E-state index in [9.17, 15) is 22.8 Å². The van der Waals surface area contributed by atoms with Gasteiger partial charge in [0, 0.05) is 18.5 Å². The van der Waals surface area contributed by atoms with Gasteiger partial charge in [0.05, 0.1) is 22.8 Å². The average molecular weight is 418 g/mol. The molecule has 9 heteroatoms. The van der Waals surface area contributed by atoms with Gasteiger partial charge in [0.15, 0.2) is 0 Å². The van der Waals surface area contributed by atoms with Gasteiger partial charge in [-0.25, -0.2) is 0 Å². The minimum absolute atomic E-state index is 0.00760. The van der Waals surface area contributed by atoms with Crippen LogP contribution in [-0.2, 0) is 15.8 Å². The largest absolute Gasteiger partial charge is 0.416 e. The van der Waals surface area contributed by atoms with Gasteiger partial charge in [0.2, 0.25) is 11.8 Å². The second kappa shape index (κ2) is 8.69. The number of halogens is 4. The van der Waals surface area contributed by atoms with Crippen LogP contribution in [-0.4, -0.2) is 42.4 Å². The number of hydrogen-bond donors (Lipinski definition) is 2. The van der Waals surface area contributed by atoms with Crippen LogP contribution in [0.1, 0.15) is 37.7 Å². The van der Waals surface area contributed by atoms with E-state index in [1.165, 1.54) is 0 Å². The molecule has 1 unspecified atom stereocenters. The van der Waals surface area contributed by atoms with E-state index in [1.807, 2.05) is 4.90 Å². The van der Waals surface area contributed by atoms with Gasteiger partial charge in [-0.1, -0.05) is 18.0 Å². The smallest absolute Gasteiger partial charge is 0.352 e. The number of alkyl halides is 3. The zero-order valence-electron chi connectivity index (χ0n) is 15.3. The summed E-state index contributed by atoms with van der Waals surface area (Å²) in [5.74, 6) is -0.243. The van der Waals surface area contributed by atoms with Crippen molar-refractivity contribution in [3.05, 3.63) is 28.8 Å². The Hall–Kier alpha value is -1.80. The monoisotopic (exact) mass is 417 g/mol. The van der Waals surface area contributed by atoms with Crippen molar-refractivity contribution in [3.8, 4) is 0 Å². The quantitative estimate of drug-likeness (QED) is 0.768. The summed E-state index contributed by atoms with van der Waals surface area (Å²) in [6.07, 6.45) is 0.143. The van der Waals surface area contributed by atoms with Gasteiger partial charge in [-0.15, -0.1) is 0 Å². The minimum atomic E-state index is -4.51. The Morgan fingerprint density at radius 3 is 2.57 bits per heavy atom. The summed E-state index contributed by atoms with van der Waals surface area (Å²) in [5, 5.41) is 5.56. The number of piperidine rings is 1. The number of likely N-dealkylation sites (tertiary alicyclic amines) is 1. The van der Waals surface area contributed by atoms with Gasteiger partial charge in [-0.2, -0.15) is 13.2 Å². The van der Waals surface area contributed by atoms with Crippen LogP contribution < -0.4 is 10.6 Å². The number of rotatable bonds is 5. The lowest BCUT2D eigenvalue weighted by atomic mass is 9.84. The SMILES string of the molecule is O=C(CN1CCCC(NC(=O)C2CCC2)C1)Nc1cc(C(F)(F)F)ccc1Cl. The maximum atomic E-state index is 12.8.